The molecule has 0 unspecified atom stereocenters. The second-order valence-corrected chi connectivity index (χ2v) is 7.65. The van der Waals surface area contributed by atoms with E-state index >= 15 is 0 Å². The van der Waals surface area contributed by atoms with Crippen LogP contribution >= 0.6 is 0 Å². The quantitative estimate of drug-likeness (QED) is 0.484. The Morgan fingerprint density at radius 3 is 2.20 bits per heavy atom. The zero-order chi connectivity index (χ0) is 22.1. The molecule has 2 aromatic carbocycles. The van der Waals surface area contributed by atoms with Crippen LogP contribution in [-0.2, 0) is 19.6 Å². The van der Waals surface area contributed by atoms with Gasteiger partial charge >= 0.3 is 11.9 Å². The number of hydrogen-bond donors (Lipinski definition) is 1. The molecule has 1 heterocycles. The number of para-hydroxylation sites is 1. The largest absolute Gasteiger partial charge is 0.465 e. The normalized spacial score (nSPS) is 11.2. The summed E-state index contributed by atoms with van der Waals surface area (Å²) in [5.41, 5.74) is 0.579. The Bertz CT molecular complexity index is 1230. The molecule has 0 amide bonds. The molecule has 156 valence electrons. The number of aromatic nitrogens is 2. The minimum atomic E-state index is -4.52. The summed E-state index contributed by atoms with van der Waals surface area (Å²) in [6, 6.07) is 12.7. The van der Waals surface area contributed by atoms with E-state index < -0.39 is 22.1 Å². The van der Waals surface area contributed by atoms with E-state index in [2.05, 4.69) is 5.10 Å². The molecule has 0 fully saturated rings. The minimum absolute atomic E-state index is 0.00370. The Balaban J connectivity index is 2.40. The minimum Gasteiger partial charge on any atom is -0.465 e. The Kier molecular flexibility index (Phi) is 5.72. The van der Waals surface area contributed by atoms with E-state index in [0.29, 0.717) is 11.3 Å². The van der Waals surface area contributed by atoms with Gasteiger partial charge in [-0.25, -0.2) is 14.3 Å². The standard InChI is InChI=1S/C20H18N2O7S/c1-12-9-10-13(11-15(12)30(25,26)27)17-16(19(23)28-2)18(20(24)29-3)22(21-17)14-7-5-4-6-8-14/h4-11H,1-3H3,(H,25,26,27). The second kappa shape index (κ2) is 8.09. The van der Waals surface area contributed by atoms with Gasteiger partial charge in [-0.15, -0.1) is 0 Å². The number of hydrogen-bond acceptors (Lipinski definition) is 7. The molecule has 0 atom stereocenters. The second-order valence-electron chi connectivity index (χ2n) is 6.26. The molecule has 3 aromatic rings. The van der Waals surface area contributed by atoms with Gasteiger partial charge in [-0.3, -0.25) is 4.55 Å². The number of nitrogens with zero attached hydrogens (tertiary/aromatic N) is 2. The fourth-order valence-electron chi connectivity index (χ4n) is 2.98. The summed E-state index contributed by atoms with van der Waals surface area (Å²) in [5, 5.41) is 4.38. The van der Waals surface area contributed by atoms with Crippen molar-refractivity contribution in [3.05, 3.63) is 65.4 Å². The average Bonchev–Trinajstić information content (AvgIpc) is 3.13. The highest BCUT2D eigenvalue weighted by Crippen LogP contribution is 2.31. The van der Waals surface area contributed by atoms with Crippen molar-refractivity contribution in [1.29, 1.82) is 0 Å². The van der Waals surface area contributed by atoms with Crippen LogP contribution in [0.15, 0.2) is 53.4 Å². The van der Waals surface area contributed by atoms with Crippen LogP contribution in [0.1, 0.15) is 26.4 Å². The lowest BCUT2D eigenvalue weighted by molar-refractivity contribution is 0.0549. The molecule has 1 aromatic heterocycles. The Labute approximate surface area is 172 Å². The average molecular weight is 430 g/mol. The first-order chi connectivity index (χ1) is 14.2. The third-order valence-electron chi connectivity index (χ3n) is 4.39. The maximum absolute atomic E-state index is 12.6. The van der Waals surface area contributed by atoms with Crippen molar-refractivity contribution < 1.29 is 32.0 Å². The van der Waals surface area contributed by atoms with Crippen LogP contribution in [0, 0.1) is 6.92 Å². The molecule has 30 heavy (non-hydrogen) atoms. The molecule has 0 bridgehead atoms. The molecular weight excluding hydrogens is 412 g/mol. The highest BCUT2D eigenvalue weighted by Gasteiger charge is 2.31. The van der Waals surface area contributed by atoms with Crippen LogP contribution in [0.2, 0.25) is 0 Å². The maximum Gasteiger partial charge on any atom is 0.357 e. The van der Waals surface area contributed by atoms with E-state index in [9.17, 15) is 22.6 Å². The first kappa shape index (κ1) is 21.2. The zero-order valence-electron chi connectivity index (χ0n) is 16.3. The molecule has 0 saturated carbocycles. The summed E-state index contributed by atoms with van der Waals surface area (Å²) < 4.78 is 43.9. The molecule has 0 aliphatic heterocycles. The Hall–Kier alpha value is -3.50. The van der Waals surface area contributed by atoms with Crippen LogP contribution in [0.3, 0.4) is 0 Å². The lowest BCUT2D eigenvalue weighted by atomic mass is 10.0. The molecule has 0 aliphatic rings. The summed E-state index contributed by atoms with van der Waals surface area (Å²) in [4.78, 5) is 24.8. The third-order valence-corrected chi connectivity index (χ3v) is 5.39. The van der Waals surface area contributed by atoms with Gasteiger partial charge < -0.3 is 9.47 Å². The predicted molar refractivity (Wildman–Crippen MR) is 106 cm³/mol. The van der Waals surface area contributed by atoms with Gasteiger partial charge in [0.15, 0.2) is 5.69 Å². The smallest absolute Gasteiger partial charge is 0.357 e. The van der Waals surface area contributed by atoms with Gasteiger partial charge in [0.1, 0.15) is 11.3 Å². The van der Waals surface area contributed by atoms with Crippen molar-refractivity contribution in [2.75, 3.05) is 14.2 Å². The topological polar surface area (TPSA) is 125 Å². The van der Waals surface area contributed by atoms with Gasteiger partial charge in [-0.2, -0.15) is 13.5 Å². The van der Waals surface area contributed by atoms with Crippen molar-refractivity contribution in [1.82, 2.24) is 9.78 Å². The first-order valence-electron chi connectivity index (χ1n) is 8.62. The van der Waals surface area contributed by atoms with E-state index in [1.165, 1.54) is 29.8 Å². The molecule has 0 spiro atoms. The third kappa shape index (κ3) is 3.82. The lowest BCUT2D eigenvalue weighted by Crippen LogP contribution is -2.15. The number of carbonyl (C=O) groups is 2. The van der Waals surface area contributed by atoms with Crippen LogP contribution in [0.4, 0.5) is 0 Å². The van der Waals surface area contributed by atoms with Crippen molar-refractivity contribution in [2.45, 2.75) is 11.8 Å². The number of ether oxygens (including phenoxy) is 2. The van der Waals surface area contributed by atoms with Gasteiger partial charge in [-0.1, -0.05) is 30.3 Å². The van der Waals surface area contributed by atoms with Gasteiger partial charge in [0.25, 0.3) is 10.1 Å². The zero-order valence-corrected chi connectivity index (χ0v) is 17.1. The van der Waals surface area contributed by atoms with Crippen molar-refractivity contribution in [3.63, 3.8) is 0 Å². The summed E-state index contributed by atoms with van der Waals surface area (Å²) in [7, 11) is -2.22. The van der Waals surface area contributed by atoms with Crippen LogP contribution < -0.4 is 0 Å². The van der Waals surface area contributed by atoms with E-state index in [4.69, 9.17) is 9.47 Å². The highest BCUT2D eigenvalue weighted by atomic mass is 32.2. The molecule has 3 rings (SSSR count). The summed E-state index contributed by atoms with van der Waals surface area (Å²) in [6.45, 7) is 1.51. The van der Waals surface area contributed by atoms with Crippen molar-refractivity contribution in [2.24, 2.45) is 0 Å². The summed E-state index contributed by atoms with van der Waals surface area (Å²) in [5.74, 6) is -1.69. The summed E-state index contributed by atoms with van der Waals surface area (Å²) >= 11 is 0. The van der Waals surface area contributed by atoms with Crippen molar-refractivity contribution >= 4 is 22.1 Å². The highest BCUT2D eigenvalue weighted by molar-refractivity contribution is 7.85. The molecule has 0 aliphatic carbocycles. The molecule has 9 nitrogen and oxygen atoms in total. The maximum atomic E-state index is 12.6. The van der Waals surface area contributed by atoms with E-state index in [1.54, 1.807) is 30.3 Å². The molecule has 1 N–H and O–H groups in total. The fourth-order valence-corrected chi connectivity index (χ4v) is 3.73. The van der Waals surface area contributed by atoms with Gasteiger partial charge in [-0.05, 0) is 30.7 Å². The molecular formula is C20H18N2O7S. The van der Waals surface area contributed by atoms with Gasteiger partial charge in [0.05, 0.1) is 24.8 Å². The number of rotatable bonds is 5. The Morgan fingerprint density at radius 1 is 1.00 bits per heavy atom. The Morgan fingerprint density at radius 2 is 1.63 bits per heavy atom. The van der Waals surface area contributed by atoms with E-state index in [0.717, 1.165) is 14.2 Å². The number of carbonyl (C=O) groups excluding carboxylic acids is 2. The number of esters is 2. The SMILES string of the molecule is COC(=O)c1c(-c2ccc(C)c(S(=O)(=O)O)c2)nn(-c2ccccc2)c1C(=O)OC. The molecule has 10 heteroatoms. The predicted octanol–water partition coefficient (Wildman–Crippen LogP) is 2.67. The summed E-state index contributed by atoms with van der Waals surface area (Å²) in [6.07, 6.45) is 0. The van der Waals surface area contributed by atoms with Crippen LogP contribution in [-0.4, -0.2) is 48.9 Å². The van der Waals surface area contributed by atoms with Gasteiger partial charge in [0.2, 0.25) is 0 Å². The molecule has 0 saturated heterocycles. The van der Waals surface area contributed by atoms with E-state index in [1.807, 2.05) is 0 Å². The molecule has 0 radical (unpaired) electrons. The number of methoxy groups -OCH3 is 2. The van der Waals surface area contributed by atoms with Crippen LogP contribution in [0.25, 0.3) is 16.9 Å². The first-order valence-corrected chi connectivity index (χ1v) is 10.1. The van der Waals surface area contributed by atoms with Gasteiger partial charge in [0, 0.05) is 5.56 Å². The van der Waals surface area contributed by atoms with E-state index in [-0.39, 0.29) is 27.4 Å². The lowest BCUT2D eigenvalue weighted by Gasteiger charge is -2.07. The fraction of sp³-hybridized carbons (Fsp3) is 0.150. The number of aryl methyl sites for hydroxylation is 1. The van der Waals surface area contributed by atoms with Crippen molar-refractivity contribution in [3.8, 4) is 16.9 Å². The number of benzene rings is 2. The van der Waals surface area contributed by atoms with Crippen LogP contribution in [0.5, 0.6) is 0 Å². The monoisotopic (exact) mass is 430 g/mol.